The van der Waals surface area contributed by atoms with Gasteiger partial charge >= 0.3 is 0 Å². The number of nitrogens with zero attached hydrogens (tertiary/aromatic N) is 3. The van der Waals surface area contributed by atoms with Gasteiger partial charge in [-0.05, 0) is 49.4 Å². The lowest BCUT2D eigenvalue weighted by Crippen LogP contribution is -2.55. The molecule has 11 heteroatoms. The van der Waals surface area contributed by atoms with Gasteiger partial charge in [0.25, 0.3) is 17.7 Å². The highest BCUT2D eigenvalue weighted by atomic mass is 19.1. The Morgan fingerprint density at radius 3 is 2.66 bits per heavy atom. The van der Waals surface area contributed by atoms with Crippen molar-refractivity contribution in [1.29, 1.82) is 0 Å². The summed E-state index contributed by atoms with van der Waals surface area (Å²) in [6.45, 7) is 3.44. The van der Waals surface area contributed by atoms with E-state index >= 15 is 0 Å². The number of ether oxygens (including phenoxy) is 2. The molecule has 0 spiro atoms. The molecule has 10 nitrogen and oxygen atoms in total. The molecule has 0 unspecified atom stereocenters. The zero-order chi connectivity index (χ0) is 26.8. The van der Waals surface area contributed by atoms with Gasteiger partial charge in [0.2, 0.25) is 0 Å². The van der Waals surface area contributed by atoms with Gasteiger partial charge in [-0.25, -0.2) is 4.39 Å². The van der Waals surface area contributed by atoms with Crippen molar-refractivity contribution >= 4 is 40.0 Å². The minimum absolute atomic E-state index is 0.0336. The fourth-order valence-corrected chi connectivity index (χ4v) is 4.53. The van der Waals surface area contributed by atoms with Gasteiger partial charge in [-0.1, -0.05) is 6.07 Å². The maximum Gasteiger partial charge on any atom is 0.259 e. The average molecular weight is 523 g/mol. The van der Waals surface area contributed by atoms with Crippen LogP contribution in [0.4, 0.5) is 15.8 Å². The zero-order valence-corrected chi connectivity index (χ0v) is 20.7. The Morgan fingerprint density at radius 1 is 1.08 bits per heavy atom. The second-order valence-electron chi connectivity index (χ2n) is 9.14. The van der Waals surface area contributed by atoms with Crippen LogP contribution in [0.15, 0.2) is 48.5 Å². The van der Waals surface area contributed by atoms with E-state index in [-0.39, 0.29) is 24.4 Å². The molecule has 2 N–H and O–H groups in total. The summed E-state index contributed by atoms with van der Waals surface area (Å²) in [5.74, 6) is -2.69. The molecular formula is C27H27FN4O6. The molecule has 2 saturated heterocycles. The van der Waals surface area contributed by atoms with Crippen molar-refractivity contribution in [2.45, 2.75) is 19.1 Å². The van der Waals surface area contributed by atoms with Crippen LogP contribution in [0.5, 0.6) is 0 Å². The van der Waals surface area contributed by atoms with Gasteiger partial charge in [0, 0.05) is 42.1 Å². The topological polar surface area (TPSA) is 121 Å². The van der Waals surface area contributed by atoms with Crippen molar-refractivity contribution in [2.75, 3.05) is 49.7 Å². The van der Waals surface area contributed by atoms with Crippen molar-refractivity contribution in [3.05, 3.63) is 65.6 Å². The van der Waals surface area contributed by atoms with Gasteiger partial charge in [0.1, 0.15) is 5.82 Å². The van der Waals surface area contributed by atoms with Gasteiger partial charge in [-0.2, -0.15) is 0 Å². The van der Waals surface area contributed by atoms with Gasteiger partial charge in [-0.15, -0.1) is 0 Å². The first-order chi connectivity index (χ1) is 18.3. The molecule has 2 aliphatic rings. The summed E-state index contributed by atoms with van der Waals surface area (Å²) in [7, 11) is 0. The summed E-state index contributed by atoms with van der Waals surface area (Å²) in [4.78, 5) is 46.1. The van der Waals surface area contributed by atoms with Crippen LogP contribution in [0.25, 0.3) is 10.9 Å². The van der Waals surface area contributed by atoms with Crippen molar-refractivity contribution in [1.82, 2.24) is 9.88 Å². The standard InChI is InChI=1S/C27H27FN4O6/c1-16-2-3-17-14-18(4-7-22(17)29-16)30-25(34)23(33)24-27(36)32(10-13-38-24)19-5-6-21(28)20(15-19)26(35)31-8-11-37-12-9-31/h2-7,14-15,23-24,33H,8-13H2,1H3,(H,30,34)/t23-,24-/m1/s1. The van der Waals surface area contributed by atoms with Crippen molar-refractivity contribution < 1.29 is 33.4 Å². The number of morpholine rings is 2. The molecule has 0 bridgehead atoms. The SMILES string of the molecule is Cc1ccc2cc(NC(=O)[C@H](O)[C@H]3OCCN(c4ccc(F)c(C(=O)N5CCOCC5)c4)C3=O)ccc2n1. The Labute approximate surface area is 217 Å². The number of hydrogen-bond donors (Lipinski definition) is 2. The number of anilines is 2. The highest BCUT2D eigenvalue weighted by Crippen LogP contribution is 2.25. The fraction of sp³-hybridized carbons (Fsp3) is 0.333. The minimum atomic E-state index is -1.80. The van der Waals surface area contributed by atoms with Crippen LogP contribution in [-0.2, 0) is 19.1 Å². The van der Waals surface area contributed by atoms with Crippen LogP contribution in [0.2, 0.25) is 0 Å². The van der Waals surface area contributed by atoms with Crippen LogP contribution in [-0.4, -0.2) is 84.4 Å². The minimum Gasteiger partial charge on any atom is -0.380 e. The lowest BCUT2D eigenvalue weighted by atomic mass is 10.1. The number of hydrogen-bond acceptors (Lipinski definition) is 7. The quantitative estimate of drug-likeness (QED) is 0.525. The first-order valence-electron chi connectivity index (χ1n) is 12.3. The van der Waals surface area contributed by atoms with Gasteiger partial charge in [0.15, 0.2) is 12.2 Å². The van der Waals surface area contributed by atoms with E-state index in [0.29, 0.717) is 32.0 Å². The summed E-state index contributed by atoms with van der Waals surface area (Å²) in [5.41, 5.74) is 2.15. The number of aliphatic hydroxyl groups is 1. The van der Waals surface area contributed by atoms with E-state index < -0.39 is 35.7 Å². The predicted molar refractivity (Wildman–Crippen MR) is 136 cm³/mol. The molecule has 38 heavy (non-hydrogen) atoms. The molecule has 2 fully saturated rings. The summed E-state index contributed by atoms with van der Waals surface area (Å²) in [5, 5.41) is 14.1. The maximum absolute atomic E-state index is 14.6. The number of aromatic nitrogens is 1. The Balaban J connectivity index is 1.30. The Morgan fingerprint density at radius 2 is 1.87 bits per heavy atom. The first kappa shape index (κ1) is 25.7. The second kappa shape index (κ2) is 10.8. The largest absolute Gasteiger partial charge is 0.380 e. The third kappa shape index (κ3) is 5.21. The molecule has 0 aliphatic carbocycles. The highest BCUT2D eigenvalue weighted by Gasteiger charge is 2.39. The van der Waals surface area contributed by atoms with Crippen LogP contribution >= 0.6 is 0 Å². The summed E-state index contributed by atoms with van der Waals surface area (Å²) in [6, 6.07) is 12.7. The molecule has 0 saturated carbocycles. The number of carbonyl (C=O) groups is 3. The molecule has 3 aromatic rings. The van der Waals surface area contributed by atoms with Crippen molar-refractivity contribution in [2.24, 2.45) is 0 Å². The molecule has 198 valence electrons. The van der Waals surface area contributed by atoms with Crippen molar-refractivity contribution in [3.8, 4) is 0 Å². The zero-order valence-electron chi connectivity index (χ0n) is 20.7. The third-order valence-electron chi connectivity index (χ3n) is 6.56. The number of nitrogens with one attached hydrogen (secondary N) is 1. The number of aryl methyl sites for hydroxylation is 1. The molecular weight excluding hydrogens is 495 g/mol. The number of carbonyl (C=O) groups excluding carboxylic acids is 3. The lowest BCUT2D eigenvalue weighted by molar-refractivity contribution is -0.150. The molecule has 5 rings (SSSR count). The van der Waals surface area contributed by atoms with E-state index in [0.717, 1.165) is 22.7 Å². The van der Waals surface area contributed by atoms with E-state index in [1.165, 1.54) is 21.9 Å². The molecule has 1 aromatic heterocycles. The van der Waals surface area contributed by atoms with E-state index in [4.69, 9.17) is 9.47 Å². The highest BCUT2D eigenvalue weighted by molar-refractivity contribution is 6.05. The summed E-state index contributed by atoms with van der Waals surface area (Å²) >= 11 is 0. The summed E-state index contributed by atoms with van der Waals surface area (Å²) in [6.07, 6.45) is -3.27. The molecule has 2 atom stereocenters. The molecule has 0 radical (unpaired) electrons. The van der Waals surface area contributed by atoms with Crippen LogP contribution < -0.4 is 10.2 Å². The van der Waals surface area contributed by atoms with Crippen LogP contribution in [0.1, 0.15) is 16.1 Å². The Hall–Kier alpha value is -3.93. The maximum atomic E-state index is 14.6. The third-order valence-corrected chi connectivity index (χ3v) is 6.56. The Bertz CT molecular complexity index is 1390. The number of pyridine rings is 1. The average Bonchev–Trinajstić information content (AvgIpc) is 2.93. The van der Waals surface area contributed by atoms with Crippen LogP contribution in [0.3, 0.4) is 0 Å². The van der Waals surface area contributed by atoms with Gasteiger partial charge < -0.3 is 29.7 Å². The monoisotopic (exact) mass is 522 g/mol. The second-order valence-corrected chi connectivity index (χ2v) is 9.14. The van der Waals surface area contributed by atoms with Crippen molar-refractivity contribution in [3.63, 3.8) is 0 Å². The van der Waals surface area contributed by atoms with E-state index in [9.17, 15) is 23.9 Å². The van der Waals surface area contributed by atoms with E-state index in [1.807, 2.05) is 19.1 Å². The molecule has 3 amide bonds. The number of halogens is 1. The van der Waals surface area contributed by atoms with E-state index in [2.05, 4.69) is 10.3 Å². The van der Waals surface area contributed by atoms with Crippen LogP contribution in [0, 0.1) is 12.7 Å². The van der Waals surface area contributed by atoms with Gasteiger partial charge in [0.05, 0.1) is 30.9 Å². The number of benzene rings is 2. The van der Waals surface area contributed by atoms with Gasteiger partial charge in [-0.3, -0.25) is 19.4 Å². The first-order valence-corrected chi connectivity index (χ1v) is 12.3. The number of fused-ring (bicyclic) bond motifs is 1. The smallest absolute Gasteiger partial charge is 0.259 e. The normalized spacial score (nSPS) is 18.9. The predicted octanol–water partition coefficient (Wildman–Crippen LogP) is 1.89. The van der Waals surface area contributed by atoms with E-state index in [1.54, 1.807) is 18.2 Å². The Kier molecular flexibility index (Phi) is 7.32. The fourth-order valence-electron chi connectivity index (χ4n) is 4.53. The molecule has 2 aromatic carbocycles. The molecule has 2 aliphatic heterocycles. The number of amides is 3. The lowest BCUT2D eigenvalue weighted by Gasteiger charge is -2.34. The molecule has 3 heterocycles. The number of rotatable bonds is 5. The summed E-state index contributed by atoms with van der Waals surface area (Å²) < 4.78 is 25.3. The number of aliphatic hydroxyl groups excluding tert-OH is 1.